The molecule has 1 nitrogen and oxygen atoms in total. The Bertz CT molecular complexity index is 53.2. The first-order chi connectivity index (χ1) is 4.35. The summed E-state index contributed by atoms with van der Waals surface area (Å²) in [5.41, 5.74) is 0. The first kappa shape index (κ1) is 14.1. The van der Waals surface area contributed by atoms with Gasteiger partial charge in [0.1, 0.15) is 0 Å². The number of rotatable bonds is 5. The average Bonchev–Trinajstić information content (AvgIpc) is 1.91. The van der Waals surface area contributed by atoms with E-state index in [4.69, 9.17) is 5.11 Å². The maximum Gasteiger partial charge on any atom is 0.0459 e. The molecule has 0 bridgehead atoms. The Kier molecular flexibility index (Phi) is 15.0. The SMILES string of the molecule is CCCCC(CC)CO.[K]. The average molecular weight is 169 g/mol. The summed E-state index contributed by atoms with van der Waals surface area (Å²) < 4.78 is 0. The van der Waals surface area contributed by atoms with E-state index in [0.29, 0.717) is 12.5 Å². The summed E-state index contributed by atoms with van der Waals surface area (Å²) >= 11 is 0. The molecule has 0 aromatic carbocycles. The van der Waals surface area contributed by atoms with E-state index in [-0.39, 0.29) is 51.4 Å². The van der Waals surface area contributed by atoms with Crippen LogP contribution < -0.4 is 0 Å². The molecule has 0 saturated heterocycles. The Balaban J connectivity index is 0. The van der Waals surface area contributed by atoms with Crippen molar-refractivity contribution in [1.82, 2.24) is 0 Å². The smallest absolute Gasteiger partial charge is 0.0459 e. The molecule has 0 aliphatic rings. The van der Waals surface area contributed by atoms with Crippen LogP contribution >= 0.6 is 0 Å². The van der Waals surface area contributed by atoms with Crippen molar-refractivity contribution in [2.45, 2.75) is 39.5 Å². The van der Waals surface area contributed by atoms with Gasteiger partial charge in [0.15, 0.2) is 0 Å². The van der Waals surface area contributed by atoms with E-state index in [9.17, 15) is 0 Å². The molecule has 0 aromatic heterocycles. The molecule has 10 heavy (non-hydrogen) atoms. The minimum atomic E-state index is 0. The van der Waals surface area contributed by atoms with Crippen molar-refractivity contribution in [3.05, 3.63) is 0 Å². The zero-order valence-corrected chi connectivity index (χ0v) is 10.7. The molecular weight excluding hydrogens is 151 g/mol. The van der Waals surface area contributed by atoms with E-state index >= 15 is 0 Å². The van der Waals surface area contributed by atoms with Gasteiger partial charge in [0, 0.05) is 58.0 Å². The molecule has 0 aliphatic carbocycles. The molecule has 2 heteroatoms. The normalized spacial score (nSPS) is 12.3. The molecule has 0 amide bonds. The molecule has 57 valence electrons. The third kappa shape index (κ3) is 7.70. The van der Waals surface area contributed by atoms with Crippen molar-refractivity contribution < 1.29 is 5.11 Å². The summed E-state index contributed by atoms with van der Waals surface area (Å²) in [6.45, 7) is 4.69. The molecule has 0 fully saturated rings. The third-order valence-corrected chi connectivity index (χ3v) is 1.80. The summed E-state index contributed by atoms with van der Waals surface area (Å²) in [6.07, 6.45) is 4.83. The molecule has 1 atom stereocenters. The monoisotopic (exact) mass is 169 g/mol. The number of hydrogen-bond donors (Lipinski definition) is 1. The predicted molar refractivity (Wildman–Crippen MR) is 46.1 cm³/mol. The molecule has 0 heterocycles. The predicted octanol–water partition coefficient (Wildman–Crippen LogP) is 1.81. The van der Waals surface area contributed by atoms with Gasteiger partial charge in [0.2, 0.25) is 0 Å². The van der Waals surface area contributed by atoms with E-state index in [0.717, 1.165) is 6.42 Å². The topological polar surface area (TPSA) is 20.2 Å². The van der Waals surface area contributed by atoms with Crippen molar-refractivity contribution in [2.75, 3.05) is 6.61 Å². The summed E-state index contributed by atoms with van der Waals surface area (Å²) in [7, 11) is 0. The molecular formula is C8H18KO. The van der Waals surface area contributed by atoms with Crippen LogP contribution in [0.1, 0.15) is 39.5 Å². The molecule has 1 radical (unpaired) electrons. The van der Waals surface area contributed by atoms with Crippen LogP contribution in [0.2, 0.25) is 0 Å². The van der Waals surface area contributed by atoms with Gasteiger partial charge in [-0.1, -0.05) is 33.1 Å². The van der Waals surface area contributed by atoms with Crippen LogP contribution in [0.4, 0.5) is 0 Å². The zero-order chi connectivity index (χ0) is 7.11. The summed E-state index contributed by atoms with van der Waals surface area (Å²) in [6, 6.07) is 0. The van der Waals surface area contributed by atoms with Crippen LogP contribution in [0, 0.1) is 5.92 Å². The number of aliphatic hydroxyl groups excluding tert-OH is 1. The fraction of sp³-hybridized carbons (Fsp3) is 1.00. The van der Waals surface area contributed by atoms with Crippen molar-refractivity contribution in [3.63, 3.8) is 0 Å². The van der Waals surface area contributed by atoms with Gasteiger partial charge in [-0.25, -0.2) is 0 Å². The quantitative estimate of drug-likeness (QED) is 0.622. The van der Waals surface area contributed by atoms with Crippen LogP contribution in [0.15, 0.2) is 0 Å². The van der Waals surface area contributed by atoms with Gasteiger partial charge in [-0.15, -0.1) is 0 Å². The molecule has 1 unspecified atom stereocenters. The molecule has 0 spiro atoms. The van der Waals surface area contributed by atoms with Gasteiger partial charge < -0.3 is 5.11 Å². The summed E-state index contributed by atoms with van der Waals surface area (Å²) in [4.78, 5) is 0. The van der Waals surface area contributed by atoms with Crippen molar-refractivity contribution >= 4 is 51.4 Å². The Morgan fingerprint density at radius 3 is 2.20 bits per heavy atom. The maximum absolute atomic E-state index is 8.75. The molecule has 0 rings (SSSR count). The summed E-state index contributed by atoms with van der Waals surface area (Å²) in [5.74, 6) is 0.560. The van der Waals surface area contributed by atoms with Crippen LogP contribution in [-0.4, -0.2) is 63.1 Å². The Morgan fingerprint density at radius 2 is 1.90 bits per heavy atom. The van der Waals surface area contributed by atoms with Gasteiger partial charge >= 0.3 is 0 Å². The van der Waals surface area contributed by atoms with Crippen LogP contribution in [0.3, 0.4) is 0 Å². The second-order valence-corrected chi connectivity index (χ2v) is 2.60. The largest absolute Gasteiger partial charge is 0.396 e. The van der Waals surface area contributed by atoms with Crippen LogP contribution in [-0.2, 0) is 0 Å². The van der Waals surface area contributed by atoms with Gasteiger partial charge in [0.25, 0.3) is 0 Å². The van der Waals surface area contributed by atoms with E-state index < -0.39 is 0 Å². The van der Waals surface area contributed by atoms with Crippen LogP contribution in [0.5, 0.6) is 0 Å². The van der Waals surface area contributed by atoms with Crippen molar-refractivity contribution in [3.8, 4) is 0 Å². The van der Waals surface area contributed by atoms with E-state index in [2.05, 4.69) is 13.8 Å². The van der Waals surface area contributed by atoms with E-state index in [1.165, 1.54) is 19.3 Å². The van der Waals surface area contributed by atoms with Gasteiger partial charge in [-0.05, 0) is 12.3 Å². The maximum atomic E-state index is 8.75. The van der Waals surface area contributed by atoms with Gasteiger partial charge in [-0.3, -0.25) is 0 Å². The standard InChI is InChI=1S/C8H18O.K/c1-3-5-6-8(4-2)7-9;/h8-9H,3-7H2,1-2H3;. The Labute approximate surface area is 107 Å². The number of hydrogen-bond acceptors (Lipinski definition) is 1. The molecule has 1 N–H and O–H groups in total. The first-order valence-electron chi connectivity index (χ1n) is 3.96. The molecule has 0 aromatic rings. The third-order valence-electron chi connectivity index (χ3n) is 1.80. The fourth-order valence-corrected chi connectivity index (χ4v) is 0.917. The van der Waals surface area contributed by atoms with E-state index in [1.54, 1.807) is 0 Å². The van der Waals surface area contributed by atoms with Gasteiger partial charge in [0.05, 0.1) is 0 Å². The second kappa shape index (κ2) is 10.6. The molecule has 0 aliphatic heterocycles. The van der Waals surface area contributed by atoms with Crippen molar-refractivity contribution in [1.29, 1.82) is 0 Å². The van der Waals surface area contributed by atoms with E-state index in [1.807, 2.05) is 0 Å². The minimum Gasteiger partial charge on any atom is -0.396 e. The van der Waals surface area contributed by atoms with Gasteiger partial charge in [-0.2, -0.15) is 0 Å². The van der Waals surface area contributed by atoms with Crippen LogP contribution in [0.25, 0.3) is 0 Å². The second-order valence-electron chi connectivity index (χ2n) is 2.60. The fourth-order valence-electron chi connectivity index (χ4n) is 0.917. The number of unbranched alkanes of at least 4 members (excludes halogenated alkanes) is 1. The summed E-state index contributed by atoms with van der Waals surface area (Å²) in [5, 5.41) is 8.75. The Morgan fingerprint density at radius 1 is 1.30 bits per heavy atom. The minimum absolute atomic E-state index is 0. The zero-order valence-electron chi connectivity index (χ0n) is 7.56. The molecule has 0 saturated carbocycles. The Hall–Kier alpha value is 1.60. The van der Waals surface area contributed by atoms with Crippen molar-refractivity contribution in [2.24, 2.45) is 5.92 Å². The number of aliphatic hydroxyl groups is 1. The first-order valence-corrected chi connectivity index (χ1v) is 3.96.